The Morgan fingerprint density at radius 2 is 1.68 bits per heavy atom. The van der Waals surface area contributed by atoms with Crippen molar-refractivity contribution in [3.8, 4) is 11.3 Å². The molecule has 1 aromatic carbocycles. The molecule has 3 aromatic rings. The van der Waals surface area contributed by atoms with Gasteiger partial charge in [-0.05, 0) is 50.3 Å². The molecule has 0 saturated heterocycles. The molecule has 0 spiro atoms. The maximum Gasteiger partial charge on any atom is 0.221 e. The van der Waals surface area contributed by atoms with E-state index in [-0.39, 0.29) is 5.78 Å². The van der Waals surface area contributed by atoms with Crippen molar-refractivity contribution in [3.05, 3.63) is 77.5 Å². The molecule has 3 nitrogen and oxygen atoms in total. The van der Waals surface area contributed by atoms with Gasteiger partial charge in [-0.25, -0.2) is 0 Å². The van der Waals surface area contributed by atoms with Crippen LogP contribution in [0.5, 0.6) is 0 Å². The summed E-state index contributed by atoms with van der Waals surface area (Å²) in [5.41, 5.74) is 2.22. The van der Waals surface area contributed by atoms with Crippen molar-refractivity contribution in [3.63, 3.8) is 0 Å². The van der Waals surface area contributed by atoms with E-state index < -0.39 is 0 Å². The number of carbonyl (C=O) groups excluding carboxylic acids is 1. The van der Waals surface area contributed by atoms with Gasteiger partial charge in [0.05, 0.1) is 0 Å². The first-order valence-electron chi connectivity index (χ1n) is 7.07. The second-order valence-corrected chi connectivity index (χ2v) is 5.18. The lowest BCUT2D eigenvalue weighted by Crippen LogP contribution is -1.90. The van der Waals surface area contributed by atoms with E-state index in [1.54, 1.807) is 25.1 Å². The minimum absolute atomic E-state index is 0.179. The molecule has 2 heterocycles. The van der Waals surface area contributed by atoms with Gasteiger partial charge in [-0.2, -0.15) is 0 Å². The molecule has 0 N–H and O–H groups in total. The molecule has 0 radical (unpaired) electrons. The van der Waals surface area contributed by atoms with Gasteiger partial charge in [-0.1, -0.05) is 29.8 Å². The van der Waals surface area contributed by atoms with Crippen molar-refractivity contribution in [1.29, 1.82) is 0 Å². The zero-order valence-corrected chi connectivity index (χ0v) is 12.5. The fourth-order valence-corrected chi connectivity index (χ4v) is 2.12. The highest BCUT2D eigenvalue weighted by Gasteiger charge is 2.07. The molecule has 110 valence electrons. The Morgan fingerprint density at radius 3 is 2.36 bits per heavy atom. The largest absolute Gasteiger partial charge is 0.458 e. The number of hydrogen-bond donors (Lipinski definition) is 0. The molecule has 0 amide bonds. The van der Waals surface area contributed by atoms with E-state index in [9.17, 15) is 4.79 Å². The zero-order valence-electron chi connectivity index (χ0n) is 12.5. The fourth-order valence-electron chi connectivity index (χ4n) is 2.12. The van der Waals surface area contributed by atoms with Gasteiger partial charge in [-0.15, -0.1) is 0 Å². The third-order valence-electron chi connectivity index (χ3n) is 3.35. The van der Waals surface area contributed by atoms with Gasteiger partial charge in [0.2, 0.25) is 5.78 Å². The van der Waals surface area contributed by atoms with Crippen molar-refractivity contribution in [1.82, 2.24) is 0 Å². The van der Waals surface area contributed by atoms with E-state index in [1.165, 1.54) is 11.6 Å². The minimum Gasteiger partial charge on any atom is -0.458 e. The Kier molecular flexibility index (Phi) is 3.79. The Balaban J connectivity index is 1.75. The average molecular weight is 292 g/mol. The summed E-state index contributed by atoms with van der Waals surface area (Å²) in [5, 5.41) is 0. The molecule has 0 unspecified atom stereocenters. The van der Waals surface area contributed by atoms with Crippen LogP contribution in [0.25, 0.3) is 17.4 Å². The lowest BCUT2D eigenvalue weighted by atomic mass is 10.1. The second-order valence-electron chi connectivity index (χ2n) is 5.18. The molecule has 0 atom stereocenters. The van der Waals surface area contributed by atoms with Crippen molar-refractivity contribution in [2.24, 2.45) is 0 Å². The summed E-state index contributed by atoms with van der Waals surface area (Å²) in [4.78, 5) is 11.9. The van der Waals surface area contributed by atoms with Crippen LogP contribution in [0.1, 0.15) is 27.6 Å². The molecule has 0 fully saturated rings. The van der Waals surface area contributed by atoms with Crippen molar-refractivity contribution >= 4 is 11.9 Å². The number of furan rings is 2. The van der Waals surface area contributed by atoms with Crippen molar-refractivity contribution in [2.75, 3.05) is 0 Å². The topological polar surface area (TPSA) is 43.4 Å². The SMILES string of the molecule is Cc1ccc(-c2ccc(/C=C/C(=O)c3ccc(C)o3)o2)cc1. The van der Waals surface area contributed by atoms with E-state index in [4.69, 9.17) is 8.83 Å². The van der Waals surface area contributed by atoms with Crippen LogP contribution in [0.15, 0.2) is 63.4 Å². The predicted molar refractivity (Wildman–Crippen MR) is 85.7 cm³/mol. The Hall–Kier alpha value is -2.81. The normalized spacial score (nSPS) is 11.2. The van der Waals surface area contributed by atoms with Gasteiger partial charge in [0, 0.05) is 5.56 Å². The highest BCUT2D eigenvalue weighted by molar-refractivity contribution is 6.04. The fraction of sp³-hybridized carbons (Fsp3) is 0.105. The summed E-state index contributed by atoms with van der Waals surface area (Å²) >= 11 is 0. The zero-order chi connectivity index (χ0) is 15.5. The van der Waals surface area contributed by atoms with E-state index in [1.807, 2.05) is 43.3 Å². The lowest BCUT2D eigenvalue weighted by molar-refractivity contribution is 0.102. The predicted octanol–water partition coefficient (Wildman–Crippen LogP) is 5.05. The number of aryl methyl sites for hydroxylation is 2. The lowest BCUT2D eigenvalue weighted by Gasteiger charge is -1.97. The molecule has 3 heteroatoms. The van der Waals surface area contributed by atoms with Gasteiger partial charge in [0.15, 0.2) is 5.76 Å². The number of carbonyl (C=O) groups is 1. The van der Waals surface area contributed by atoms with Crippen LogP contribution in [0.4, 0.5) is 0 Å². The number of allylic oxidation sites excluding steroid dienone is 1. The third-order valence-corrected chi connectivity index (χ3v) is 3.35. The maximum atomic E-state index is 11.9. The van der Waals surface area contributed by atoms with Gasteiger partial charge in [-0.3, -0.25) is 4.79 Å². The minimum atomic E-state index is -0.179. The Morgan fingerprint density at radius 1 is 0.909 bits per heavy atom. The van der Waals surface area contributed by atoms with Crippen LogP contribution < -0.4 is 0 Å². The highest BCUT2D eigenvalue weighted by atomic mass is 16.3. The van der Waals surface area contributed by atoms with Crippen LogP contribution in [0.3, 0.4) is 0 Å². The summed E-state index contributed by atoms with van der Waals surface area (Å²) in [6.45, 7) is 3.85. The van der Waals surface area contributed by atoms with Gasteiger partial charge in [0.25, 0.3) is 0 Å². The number of rotatable bonds is 4. The first-order valence-corrected chi connectivity index (χ1v) is 7.07. The molecule has 0 bridgehead atoms. The summed E-state index contributed by atoms with van der Waals surface area (Å²) in [6.07, 6.45) is 3.11. The molecule has 2 aromatic heterocycles. The smallest absolute Gasteiger partial charge is 0.221 e. The van der Waals surface area contributed by atoms with Crippen LogP contribution in [-0.2, 0) is 0 Å². The van der Waals surface area contributed by atoms with E-state index in [0.29, 0.717) is 11.5 Å². The monoisotopic (exact) mass is 292 g/mol. The summed E-state index contributed by atoms with van der Waals surface area (Å²) in [6, 6.07) is 15.3. The molecular weight excluding hydrogens is 276 g/mol. The summed E-state index contributed by atoms with van der Waals surface area (Å²) in [7, 11) is 0. The molecule has 0 aliphatic rings. The van der Waals surface area contributed by atoms with Crippen molar-refractivity contribution in [2.45, 2.75) is 13.8 Å². The number of benzene rings is 1. The van der Waals surface area contributed by atoms with E-state index >= 15 is 0 Å². The third kappa shape index (κ3) is 3.09. The second kappa shape index (κ2) is 5.90. The molecule has 0 saturated carbocycles. The number of ketones is 1. The van der Waals surface area contributed by atoms with E-state index in [2.05, 4.69) is 0 Å². The number of hydrogen-bond acceptors (Lipinski definition) is 3. The van der Waals surface area contributed by atoms with Gasteiger partial charge >= 0.3 is 0 Å². The van der Waals surface area contributed by atoms with Gasteiger partial charge in [0.1, 0.15) is 17.3 Å². The quantitative estimate of drug-likeness (QED) is 0.499. The Labute approximate surface area is 128 Å². The van der Waals surface area contributed by atoms with Crippen LogP contribution in [-0.4, -0.2) is 5.78 Å². The Bertz CT molecular complexity index is 816. The molecule has 22 heavy (non-hydrogen) atoms. The standard InChI is InChI=1S/C19H16O3/c1-13-3-6-15(7-4-13)18-12-9-16(22-18)8-10-17(20)19-11-5-14(2)21-19/h3-12H,1-2H3/b10-8+. The molecular formula is C19H16O3. The first-order chi connectivity index (χ1) is 10.6. The average Bonchev–Trinajstić information content (AvgIpc) is 3.15. The summed E-state index contributed by atoms with van der Waals surface area (Å²) < 4.78 is 11.0. The van der Waals surface area contributed by atoms with Crippen molar-refractivity contribution < 1.29 is 13.6 Å². The van der Waals surface area contributed by atoms with E-state index in [0.717, 1.165) is 17.1 Å². The maximum absolute atomic E-state index is 11.9. The molecule has 0 aliphatic carbocycles. The highest BCUT2D eigenvalue weighted by Crippen LogP contribution is 2.23. The molecule has 0 aliphatic heterocycles. The van der Waals surface area contributed by atoms with Crippen LogP contribution >= 0.6 is 0 Å². The molecule has 3 rings (SSSR count). The van der Waals surface area contributed by atoms with Crippen LogP contribution in [0.2, 0.25) is 0 Å². The summed E-state index contributed by atoms with van der Waals surface area (Å²) in [5.74, 6) is 2.28. The van der Waals surface area contributed by atoms with Gasteiger partial charge < -0.3 is 8.83 Å². The first kappa shape index (κ1) is 14.1. The van der Waals surface area contributed by atoms with Crippen LogP contribution in [0, 0.1) is 13.8 Å².